The van der Waals surface area contributed by atoms with E-state index in [1.807, 2.05) is 77.3 Å². The number of amides is 1. The van der Waals surface area contributed by atoms with Crippen molar-refractivity contribution >= 4 is 22.8 Å². The number of likely N-dealkylation sites (tertiary alicyclic amines) is 1. The summed E-state index contributed by atoms with van der Waals surface area (Å²) >= 11 is 0. The largest absolute Gasteiger partial charge is 0.457 e. The maximum atomic E-state index is 13.0. The lowest BCUT2D eigenvalue weighted by Gasteiger charge is -2.32. The van der Waals surface area contributed by atoms with Gasteiger partial charge in [0.25, 0.3) is 0 Å². The van der Waals surface area contributed by atoms with Crippen LogP contribution in [0.3, 0.4) is 0 Å². The molecule has 0 radical (unpaired) electrons. The van der Waals surface area contributed by atoms with E-state index in [1.165, 1.54) is 6.33 Å². The van der Waals surface area contributed by atoms with Gasteiger partial charge in [-0.25, -0.2) is 14.6 Å². The highest BCUT2D eigenvalue weighted by atomic mass is 16.5. The standard InChI is InChI=1S/C30H35N7O2/c1-21(2)35(3)17-8-12-26(38)36-18-7-9-23(19-36)37-30-27(29(31)32-20-33-30)28(34-37)22-13-15-25(16-14-22)39-24-10-5-4-6-11-24/h4-6,8,10-16,20-21,23H,7,9,17-19H2,1-3H3,(H2,31,32,33)/t23-/m1/s1. The highest BCUT2D eigenvalue weighted by Crippen LogP contribution is 2.34. The van der Waals surface area contributed by atoms with E-state index in [-0.39, 0.29) is 11.9 Å². The Balaban J connectivity index is 1.38. The van der Waals surface area contributed by atoms with E-state index in [4.69, 9.17) is 15.6 Å². The predicted octanol–water partition coefficient (Wildman–Crippen LogP) is 4.93. The highest BCUT2D eigenvalue weighted by Gasteiger charge is 2.28. The summed E-state index contributed by atoms with van der Waals surface area (Å²) in [7, 11) is 2.05. The van der Waals surface area contributed by atoms with Crippen molar-refractivity contribution in [1.29, 1.82) is 0 Å². The smallest absolute Gasteiger partial charge is 0.246 e. The zero-order valence-corrected chi connectivity index (χ0v) is 22.7. The number of ether oxygens (including phenoxy) is 1. The number of nitrogen functional groups attached to an aromatic ring is 1. The van der Waals surface area contributed by atoms with E-state index < -0.39 is 0 Å². The molecule has 9 nitrogen and oxygen atoms in total. The first-order chi connectivity index (χ1) is 18.9. The quantitative estimate of drug-likeness (QED) is 0.326. The molecule has 0 unspecified atom stereocenters. The molecule has 2 N–H and O–H groups in total. The number of nitrogens with zero attached hydrogens (tertiary/aromatic N) is 6. The van der Waals surface area contributed by atoms with E-state index in [0.717, 1.165) is 48.7 Å². The molecule has 2 aromatic heterocycles. The Bertz CT molecular complexity index is 1450. The lowest BCUT2D eigenvalue weighted by Crippen LogP contribution is -2.40. The summed E-state index contributed by atoms with van der Waals surface area (Å²) in [4.78, 5) is 25.8. The van der Waals surface area contributed by atoms with Crippen molar-refractivity contribution in [2.45, 2.75) is 38.8 Å². The van der Waals surface area contributed by atoms with Crippen LogP contribution in [-0.2, 0) is 4.79 Å². The van der Waals surface area contributed by atoms with Crippen molar-refractivity contribution in [2.24, 2.45) is 0 Å². The Morgan fingerprint density at radius 2 is 1.87 bits per heavy atom. The number of rotatable bonds is 8. The van der Waals surface area contributed by atoms with Gasteiger partial charge in [-0.3, -0.25) is 4.79 Å². The van der Waals surface area contributed by atoms with Crippen molar-refractivity contribution in [3.63, 3.8) is 0 Å². The van der Waals surface area contributed by atoms with E-state index in [1.54, 1.807) is 6.08 Å². The number of anilines is 1. The van der Waals surface area contributed by atoms with E-state index in [9.17, 15) is 4.79 Å². The van der Waals surface area contributed by atoms with E-state index >= 15 is 0 Å². The number of benzene rings is 2. The van der Waals surface area contributed by atoms with Gasteiger partial charge < -0.3 is 20.3 Å². The SMILES string of the molecule is CC(C)N(C)CC=CC(=O)N1CCC[C@@H](n2nc(-c3ccc(Oc4ccccc4)cc3)c3c(N)ncnc32)C1. The summed E-state index contributed by atoms with van der Waals surface area (Å²) < 4.78 is 7.87. The molecule has 1 fully saturated rings. The third-order valence-electron chi connectivity index (χ3n) is 7.21. The van der Waals surface area contributed by atoms with Gasteiger partial charge in [-0.2, -0.15) is 5.10 Å². The molecule has 3 heterocycles. The van der Waals surface area contributed by atoms with Crippen molar-refractivity contribution in [2.75, 3.05) is 32.4 Å². The van der Waals surface area contributed by atoms with Gasteiger partial charge in [-0.15, -0.1) is 0 Å². The minimum atomic E-state index is -0.0133. The van der Waals surface area contributed by atoms with Crippen LogP contribution in [0.1, 0.15) is 32.7 Å². The predicted molar refractivity (Wildman–Crippen MR) is 153 cm³/mol. The number of nitrogens with two attached hydrogens (primary N) is 1. The van der Waals surface area contributed by atoms with Crippen molar-refractivity contribution in [3.05, 3.63) is 73.1 Å². The number of hydrogen-bond donors (Lipinski definition) is 1. The molecule has 39 heavy (non-hydrogen) atoms. The van der Waals surface area contributed by atoms with Gasteiger partial charge in [-0.05, 0) is 70.1 Å². The molecule has 0 saturated carbocycles. The summed E-state index contributed by atoms with van der Waals surface area (Å²) in [6, 6.07) is 17.8. The van der Waals surface area contributed by atoms with Gasteiger partial charge in [0, 0.05) is 37.3 Å². The molecule has 4 aromatic rings. The van der Waals surface area contributed by atoms with Crippen molar-refractivity contribution in [1.82, 2.24) is 29.5 Å². The number of hydrogen-bond acceptors (Lipinski definition) is 7. The monoisotopic (exact) mass is 525 g/mol. The molecule has 0 bridgehead atoms. The van der Waals surface area contributed by atoms with Gasteiger partial charge in [0.15, 0.2) is 5.65 Å². The summed E-state index contributed by atoms with van der Waals surface area (Å²) in [5, 5.41) is 5.70. The molecule has 1 aliphatic heterocycles. The topological polar surface area (TPSA) is 102 Å². The lowest BCUT2D eigenvalue weighted by molar-refractivity contribution is -0.127. The molecule has 9 heteroatoms. The minimum absolute atomic E-state index is 0.0133. The number of likely N-dealkylation sites (N-methyl/N-ethyl adjacent to an activating group) is 1. The van der Waals surface area contributed by atoms with Crippen LogP contribution < -0.4 is 10.5 Å². The summed E-state index contributed by atoms with van der Waals surface area (Å²) in [5.41, 5.74) is 8.62. The molecule has 1 amide bonds. The fraction of sp³-hybridized carbons (Fsp3) is 0.333. The van der Waals surface area contributed by atoms with E-state index in [0.29, 0.717) is 29.4 Å². The number of carbonyl (C=O) groups is 1. The molecule has 1 saturated heterocycles. The molecule has 1 atom stereocenters. The van der Waals surface area contributed by atoms with Crippen LogP contribution in [0.2, 0.25) is 0 Å². The molecular formula is C30H35N7O2. The Labute approximate surface area is 228 Å². The second-order valence-electron chi connectivity index (χ2n) is 10.2. The summed E-state index contributed by atoms with van der Waals surface area (Å²) in [6.07, 6.45) is 6.88. The fourth-order valence-electron chi connectivity index (χ4n) is 4.75. The number of aromatic nitrogens is 4. The van der Waals surface area contributed by atoms with Gasteiger partial charge in [-0.1, -0.05) is 24.3 Å². The molecule has 0 spiro atoms. The van der Waals surface area contributed by atoms with Gasteiger partial charge in [0.1, 0.15) is 29.3 Å². The zero-order valence-electron chi connectivity index (χ0n) is 22.7. The van der Waals surface area contributed by atoms with Crippen LogP contribution in [0.25, 0.3) is 22.3 Å². The Hall–Kier alpha value is -4.24. The first-order valence-corrected chi connectivity index (χ1v) is 13.4. The maximum Gasteiger partial charge on any atom is 0.246 e. The van der Waals surface area contributed by atoms with Crippen molar-refractivity contribution in [3.8, 4) is 22.8 Å². The third-order valence-corrected chi connectivity index (χ3v) is 7.21. The van der Waals surface area contributed by atoms with Gasteiger partial charge in [0.2, 0.25) is 5.91 Å². The average Bonchev–Trinajstić information content (AvgIpc) is 3.35. The summed E-state index contributed by atoms with van der Waals surface area (Å²) in [5.74, 6) is 1.91. The summed E-state index contributed by atoms with van der Waals surface area (Å²) in [6.45, 7) is 6.30. The molecule has 5 rings (SSSR count). The van der Waals surface area contributed by atoms with Crippen LogP contribution in [0.4, 0.5) is 5.82 Å². The molecule has 0 aliphatic carbocycles. The highest BCUT2D eigenvalue weighted by molar-refractivity contribution is 5.98. The Morgan fingerprint density at radius 3 is 2.62 bits per heavy atom. The van der Waals surface area contributed by atoms with Crippen LogP contribution in [0.15, 0.2) is 73.1 Å². The number of piperidine rings is 1. The van der Waals surface area contributed by atoms with Crippen LogP contribution >= 0.6 is 0 Å². The molecule has 202 valence electrons. The number of carbonyl (C=O) groups excluding carboxylic acids is 1. The Kier molecular flexibility index (Phi) is 7.88. The second kappa shape index (κ2) is 11.7. The second-order valence-corrected chi connectivity index (χ2v) is 10.2. The zero-order chi connectivity index (χ0) is 27.4. The van der Waals surface area contributed by atoms with Gasteiger partial charge >= 0.3 is 0 Å². The average molecular weight is 526 g/mol. The van der Waals surface area contributed by atoms with Gasteiger partial charge in [0.05, 0.1) is 11.4 Å². The maximum absolute atomic E-state index is 13.0. The van der Waals surface area contributed by atoms with Crippen LogP contribution in [0, 0.1) is 0 Å². The van der Waals surface area contributed by atoms with Crippen LogP contribution in [-0.4, -0.2) is 68.2 Å². The van der Waals surface area contributed by atoms with Crippen molar-refractivity contribution < 1.29 is 9.53 Å². The fourth-order valence-corrected chi connectivity index (χ4v) is 4.75. The number of fused-ring (bicyclic) bond motifs is 1. The first-order valence-electron chi connectivity index (χ1n) is 13.4. The molecule has 1 aliphatic rings. The Morgan fingerprint density at radius 1 is 1.13 bits per heavy atom. The number of para-hydroxylation sites is 1. The minimum Gasteiger partial charge on any atom is -0.457 e. The lowest BCUT2D eigenvalue weighted by atomic mass is 10.1. The first kappa shape index (κ1) is 26.4. The molecule has 2 aromatic carbocycles. The molecular weight excluding hydrogens is 490 g/mol. The normalized spacial score (nSPS) is 16.0. The van der Waals surface area contributed by atoms with Crippen LogP contribution in [0.5, 0.6) is 11.5 Å². The third kappa shape index (κ3) is 5.93. The van der Waals surface area contributed by atoms with E-state index in [2.05, 4.69) is 28.7 Å².